The minimum absolute atomic E-state index is 0.0387. The first-order valence-electron chi connectivity index (χ1n) is 6.96. The maximum absolute atomic E-state index is 11.5. The van der Waals surface area contributed by atoms with Crippen LogP contribution in [0.4, 0.5) is 4.79 Å². The smallest absolute Gasteiger partial charge is 0.326 e. The zero-order valence-electron chi connectivity index (χ0n) is 12.6. The van der Waals surface area contributed by atoms with Gasteiger partial charge in [-0.1, -0.05) is 13.8 Å². The van der Waals surface area contributed by atoms with E-state index in [1.165, 1.54) is 0 Å². The first kappa shape index (κ1) is 19.2. The normalized spacial score (nSPS) is 12.0. The number of rotatable bonds is 11. The van der Waals surface area contributed by atoms with Crippen LogP contribution in [-0.4, -0.2) is 48.8 Å². The van der Waals surface area contributed by atoms with Crippen LogP contribution in [0.15, 0.2) is 0 Å². The predicted octanol–water partition coefficient (Wildman–Crippen LogP) is 0.0670. The summed E-state index contributed by atoms with van der Waals surface area (Å²) in [6, 6.07) is -1.75. The molecular formula is C13H25N3O5. The zero-order chi connectivity index (χ0) is 16.3. The first-order chi connectivity index (χ1) is 9.82. The minimum atomic E-state index is -1.21. The van der Waals surface area contributed by atoms with Gasteiger partial charge in [-0.15, -0.1) is 0 Å². The summed E-state index contributed by atoms with van der Waals surface area (Å²) < 4.78 is 5.31. The number of nitrogens with two attached hydrogens (primary N) is 1. The Labute approximate surface area is 124 Å². The molecule has 122 valence electrons. The Kier molecular flexibility index (Phi) is 9.95. The predicted molar refractivity (Wildman–Crippen MR) is 76.7 cm³/mol. The van der Waals surface area contributed by atoms with E-state index in [1.807, 2.05) is 0 Å². The highest BCUT2D eigenvalue weighted by Gasteiger charge is 2.20. The lowest BCUT2D eigenvalue weighted by Gasteiger charge is -2.14. The van der Waals surface area contributed by atoms with Crippen LogP contribution in [0.5, 0.6) is 0 Å². The Balaban J connectivity index is 3.83. The molecule has 0 aromatic carbocycles. The Hall–Kier alpha value is -1.83. The van der Waals surface area contributed by atoms with Crippen molar-refractivity contribution in [3.63, 3.8) is 0 Å². The number of carboxylic acids is 1. The monoisotopic (exact) mass is 303 g/mol. The zero-order valence-corrected chi connectivity index (χ0v) is 12.6. The third kappa shape index (κ3) is 11.7. The molecule has 1 unspecified atom stereocenters. The topological polar surface area (TPSA) is 131 Å². The van der Waals surface area contributed by atoms with Crippen LogP contribution in [0, 0.1) is 5.92 Å². The Morgan fingerprint density at radius 2 is 1.86 bits per heavy atom. The van der Waals surface area contributed by atoms with E-state index in [0.717, 1.165) is 6.42 Å². The Morgan fingerprint density at radius 1 is 1.19 bits per heavy atom. The van der Waals surface area contributed by atoms with Crippen molar-refractivity contribution in [2.75, 3.05) is 19.8 Å². The summed E-state index contributed by atoms with van der Waals surface area (Å²) in [6.07, 6.45) is 0.805. The second-order valence-electron chi connectivity index (χ2n) is 5.09. The third-order valence-corrected chi connectivity index (χ3v) is 2.65. The van der Waals surface area contributed by atoms with Crippen molar-refractivity contribution >= 4 is 17.9 Å². The van der Waals surface area contributed by atoms with Crippen LogP contribution in [0.3, 0.4) is 0 Å². The lowest BCUT2D eigenvalue weighted by Crippen LogP contribution is -2.47. The lowest BCUT2D eigenvalue weighted by atomic mass is 10.1. The molecule has 21 heavy (non-hydrogen) atoms. The summed E-state index contributed by atoms with van der Waals surface area (Å²) in [5.41, 5.74) is 4.94. The van der Waals surface area contributed by atoms with E-state index < -0.39 is 23.9 Å². The van der Waals surface area contributed by atoms with Crippen LogP contribution < -0.4 is 16.4 Å². The van der Waals surface area contributed by atoms with E-state index >= 15 is 0 Å². The van der Waals surface area contributed by atoms with E-state index in [2.05, 4.69) is 24.5 Å². The maximum atomic E-state index is 11.5. The molecule has 0 saturated carbocycles. The fourth-order valence-corrected chi connectivity index (χ4v) is 1.41. The highest BCUT2D eigenvalue weighted by Crippen LogP contribution is 1.98. The van der Waals surface area contributed by atoms with Crippen LogP contribution in [0.1, 0.15) is 33.1 Å². The molecular weight excluding hydrogens is 278 g/mol. The van der Waals surface area contributed by atoms with E-state index in [4.69, 9.17) is 15.6 Å². The molecule has 1 atom stereocenters. The van der Waals surface area contributed by atoms with Crippen molar-refractivity contribution in [1.82, 2.24) is 10.6 Å². The van der Waals surface area contributed by atoms with E-state index in [0.29, 0.717) is 19.1 Å². The summed E-state index contributed by atoms with van der Waals surface area (Å²) >= 11 is 0. The SMILES string of the molecule is CC(C)CCOCCNC(=O)NC(CCC(N)=O)C(=O)O. The van der Waals surface area contributed by atoms with Crippen LogP contribution in [0.2, 0.25) is 0 Å². The molecule has 0 saturated heterocycles. The van der Waals surface area contributed by atoms with Crippen LogP contribution in [0.25, 0.3) is 0 Å². The number of hydrogen-bond acceptors (Lipinski definition) is 4. The second kappa shape index (κ2) is 10.9. The molecule has 0 heterocycles. The molecule has 8 nitrogen and oxygen atoms in total. The summed E-state index contributed by atoms with van der Waals surface area (Å²) in [6.45, 7) is 5.45. The molecule has 0 fully saturated rings. The van der Waals surface area contributed by atoms with Gasteiger partial charge in [-0.2, -0.15) is 0 Å². The quantitative estimate of drug-likeness (QED) is 0.401. The number of ether oxygens (including phenoxy) is 1. The number of carboxylic acid groups (broad SMARTS) is 1. The van der Waals surface area contributed by atoms with Gasteiger partial charge in [-0.05, 0) is 18.8 Å². The Morgan fingerprint density at radius 3 is 2.38 bits per heavy atom. The molecule has 3 amide bonds. The van der Waals surface area contributed by atoms with Crippen molar-refractivity contribution in [2.24, 2.45) is 11.7 Å². The van der Waals surface area contributed by atoms with Crippen LogP contribution >= 0.6 is 0 Å². The highest BCUT2D eigenvalue weighted by molar-refractivity contribution is 5.83. The van der Waals surface area contributed by atoms with E-state index in [1.54, 1.807) is 0 Å². The van der Waals surface area contributed by atoms with Gasteiger partial charge in [0, 0.05) is 19.6 Å². The fraction of sp³-hybridized carbons (Fsp3) is 0.769. The van der Waals surface area contributed by atoms with Gasteiger partial charge >= 0.3 is 12.0 Å². The molecule has 0 aromatic heterocycles. The Bertz CT molecular complexity index is 347. The third-order valence-electron chi connectivity index (χ3n) is 2.65. The van der Waals surface area contributed by atoms with Crippen LogP contribution in [-0.2, 0) is 14.3 Å². The first-order valence-corrected chi connectivity index (χ1v) is 6.96. The molecule has 0 spiro atoms. The number of nitrogens with one attached hydrogen (secondary N) is 2. The van der Waals surface area contributed by atoms with Crippen molar-refractivity contribution in [3.05, 3.63) is 0 Å². The van der Waals surface area contributed by atoms with Crippen molar-refractivity contribution in [2.45, 2.75) is 39.2 Å². The molecule has 5 N–H and O–H groups in total. The molecule has 0 aromatic rings. The highest BCUT2D eigenvalue weighted by atomic mass is 16.5. The van der Waals surface area contributed by atoms with E-state index in [9.17, 15) is 14.4 Å². The average Bonchev–Trinajstić information content (AvgIpc) is 2.37. The molecule has 0 radical (unpaired) electrons. The maximum Gasteiger partial charge on any atom is 0.326 e. The van der Waals surface area contributed by atoms with E-state index in [-0.39, 0.29) is 19.4 Å². The molecule has 8 heteroatoms. The summed E-state index contributed by atoms with van der Waals surface area (Å²) in [5.74, 6) is -1.26. The van der Waals surface area contributed by atoms with Gasteiger partial charge in [0.05, 0.1) is 6.61 Å². The largest absolute Gasteiger partial charge is 0.480 e. The van der Waals surface area contributed by atoms with Gasteiger partial charge < -0.3 is 26.2 Å². The minimum Gasteiger partial charge on any atom is -0.480 e. The summed E-state index contributed by atoms with van der Waals surface area (Å²) in [7, 11) is 0. The molecule has 0 aliphatic rings. The van der Waals surface area contributed by atoms with Gasteiger partial charge in [-0.3, -0.25) is 4.79 Å². The number of aliphatic carboxylic acids is 1. The summed E-state index contributed by atoms with van der Waals surface area (Å²) in [5, 5.41) is 13.7. The van der Waals surface area contributed by atoms with Crippen molar-refractivity contribution < 1.29 is 24.2 Å². The van der Waals surface area contributed by atoms with Gasteiger partial charge in [0.1, 0.15) is 6.04 Å². The number of primary amides is 1. The molecule has 0 rings (SSSR count). The average molecular weight is 303 g/mol. The molecule has 0 bridgehead atoms. The van der Waals surface area contributed by atoms with Gasteiger partial charge in [0.15, 0.2) is 0 Å². The lowest BCUT2D eigenvalue weighted by molar-refractivity contribution is -0.139. The number of carbonyl (C=O) groups is 3. The van der Waals surface area contributed by atoms with Gasteiger partial charge in [0.2, 0.25) is 5.91 Å². The number of urea groups is 1. The molecule has 0 aliphatic heterocycles. The standard InChI is InChI=1S/C13H25N3O5/c1-9(2)5-7-21-8-6-15-13(20)16-10(12(18)19)3-4-11(14)17/h9-10H,3-8H2,1-2H3,(H2,14,17)(H,18,19)(H2,15,16,20). The van der Waals surface area contributed by atoms with Gasteiger partial charge in [0.25, 0.3) is 0 Å². The fourth-order valence-electron chi connectivity index (χ4n) is 1.41. The number of hydrogen-bond donors (Lipinski definition) is 4. The number of amides is 3. The molecule has 0 aliphatic carbocycles. The summed E-state index contributed by atoms with van der Waals surface area (Å²) in [4.78, 5) is 33.0. The van der Waals surface area contributed by atoms with Crippen molar-refractivity contribution in [1.29, 1.82) is 0 Å². The second-order valence-corrected chi connectivity index (χ2v) is 5.09. The van der Waals surface area contributed by atoms with Crippen molar-refractivity contribution in [3.8, 4) is 0 Å². The van der Waals surface area contributed by atoms with Gasteiger partial charge in [-0.25, -0.2) is 9.59 Å². The number of carbonyl (C=O) groups excluding carboxylic acids is 2.